The van der Waals surface area contributed by atoms with Crippen LogP contribution in [0.1, 0.15) is 44.7 Å². The fourth-order valence-corrected chi connectivity index (χ4v) is 4.26. The van der Waals surface area contributed by atoms with Crippen molar-refractivity contribution in [2.45, 2.75) is 39.7 Å². The van der Waals surface area contributed by atoms with Gasteiger partial charge in [0.05, 0.1) is 5.92 Å². The topological polar surface area (TPSA) is 95.9 Å². The van der Waals surface area contributed by atoms with E-state index in [1.807, 2.05) is 50.2 Å². The number of hydrogen-bond acceptors (Lipinski definition) is 4. The Morgan fingerprint density at radius 3 is 2.03 bits per heavy atom. The number of ether oxygens (including phenoxy) is 1. The molecule has 2 aromatic carbocycles. The van der Waals surface area contributed by atoms with E-state index in [1.54, 1.807) is 13.8 Å². The first kappa shape index (κ1) is 24.3. The Hall–Kier alpha value is -3.35. The van der Waals surface area contributed by atoms with Gasteiger partial charge in [-0.3, -0.25) is 9.59 Å². The van der Waals surface area contributed by atoms with Crippen LogP contribution in [0, 0.1) is 11.8 Å². The molecule has 0 radical (unpaired) electrons. The number of carboxylic acid groups (broad SMARTS) is 1. The van der Waals surface area contributed by atoms with Gasteiger partial charge >= 0.3 is 12.1 Å². The van der Waals surface area contributed by atoms with Gasteiger partial charge in [-0.05, 0) is 35.1 Å². The van der Waals surface area contributed by atoms with Crippen molar-refractivity contribution in [3.8, 4) is 11.1 Å². The molecule has 2 amide bonds. The number of amides is 2. The molecule has 176 valence electrons. The van der Waals surface area contributed by atoms with Gasteiger partial charge in [-0.15, -0.1) is 0 Å². The molecule has 2 atom stereocenters. The van der Waals surface area contributed by atoms with Crippen LogP contribution in [-0.2, 0) is 14.3 Å². The van der Waals surface area contributed by atoms with Crippen molar-refractivity contribution in [2.24, 2.45) is 11.8 Å². The summed E-state index contributed by atoms with van der Waals surface area (Å²) in [5.41, 5.74) is 4.51. The molecule has 1 aliphatic rings. The summed E-state index contributed by atoms with van der Waals surface area (Å²) in [4.78, 5) is 38.4. The molecule has 7 heteroatoms. The highest BCUT2D eigenvalue weighted by molar-refractivity contribution is 5.86. The predicted octanol–water partition coefficient (Wildman–Crippen LogP) is 4.12. The number of nitrogens with zero attached hydrogens (tertiary/aromatic N) is 1. The van der Waals surface area contributed by atoms with Crippen molar-refractivity contribution in [3.05, 3.63) is 59.7 Å². The van der Waals surface area contributed by atoms with Gasteiger partial charge in [0, 0.05) is 19.0 Å². The number of aliphatic carboxylic acids is 1. The lowest BCUT2D eigenvalue weighted by molar-refractivity contribution is -0.143. The van der Waals surface area contributed by atoms with Crippen LogP contribution < -0.4 is 5.32 Å². The number of rotatable bonds is 9. The molecule has 0 saturated carbocycles. The van der Waals surface area contributed by atoms with E-state index in [0.717, 1.165) is 22.3 Å². The molecule has 0 aromatic heterocycles. The Morgan fingerprint density at radius 2 is 1.55 bits per heavy atom. The van der Waals surface area contributed by atoms with Crippen LogP contribution in [0.5, 0.6) is 0 Å². The fraction of sp³-hybridized carbons (Fsp3) is 0.423. The molecule has 7 nitrogen and oxygen atoms in total. The first-order valence-corrected chi connectivity index (χ1v) is 11.4. The predicted molar refractivity (Wildman–Crippen MR) is 126 cm³/mol. The molecule has 0 aliphatic heterocycles. The molecule has 0 saturated heterocycles. The summed E-state index contributed by atoms with van der Waals surface area (Å²) >= 11 is 0. The summed E-state index contributed by atoms with van der Waals surface area (Å²) in [6, 6.07) is 15.4. The fourth-order valence-electron chi connectivity index (χ4n) is 4.26. The third kappa shape index (κ3) is 5.35. The van der Waals surface area contributed by atoms with Crippen molar-refractivity contribution in [1.29, 1.82) is 0 Å². The molecule has 33 heavy (non-hydrogen) atoms. The molecule has 0 bridgehead atoms. The van der Waals surface area contributed by atoms with Gasteiger partial charge in [-0.25, -0.2) is 4.79 Å². The Kier molecular flexibility index (Phi) is 7.74. The van der Waals surface area contributed by atoms with Crippen LogP contribution in [-0.4, -0.2) is 53.7 Å². The van der Waals surface area contributed by atoms with Crippen molar-refractivity contribution in [3.63, 3.8) is 0 Å². The second kappa shape index (κ2) is 10.5. The van der Waals surface area contributed by atoms with Gasteiger partial charge < -0.3 is 20.1 Å². The summed E-state index contributed by atoms with van der Waals surface area (Å²) in [5.74, 6) is -2.23. The average molecular weight is 453 g/mol. The molecular formula is C26H32N2O5. The Bertz CT molecular complexity index is 974. The molecule has 1 unspecified atom stereocenters. The number of alkyl carbamates (subject to hydrolysis) is 1. The van der Waals surface area contributed by atoms with Gasteiger partial charge in [-0.2, -0.15) is 0 Å². The molecular weight excluding hydrogens is 420 g/mol. The largest absolute Gasteiger partial charge is 0.481 e. The molecule has 0 spiro atoms. The zero-order valence-electron chi connectivity index (χ0n) is 19.6. The lowest BCUT2D eigenvalue weighted by Gasteiger charge is -2.30. The van der Waals surface area contributed by atoms with E-state index < -0.39 is 24.0 Å². The van der Waals surface area contributed by atoms with E-state index in [9.17, 15) is 19.5 Å². The smallest absolute Gasteiger partial charge is 0.407 e. The highest BCUT2D eigenvalue weighted by Gasteiger charge is 2.32. The second-order valence-electron chi connectivity index (χ2n) is 8.81. The Labute approximate surface area is 194 Å². The Balaban J connectivity index is 1.67. The lowest BCUT2D eigenvalue weighted by atomic mass is 9.98. The number of hydrogen-bond donors (Lipinski definition) is 2. The molecule has 2 N–H and O–H groups in total. The second-order valence-corrected chi connectivity index (χ2v) is 8.81. The first-order valence-electron chi connectivity index (χ1n) is 11.4. The maximum Gasteiger partial charge on any atom is 0.407 e. The van der Waals surface area contributed by atoms with Gasteiger partial charge in [0.1, 0.15) is 12.6 Å². The molecule has 2 aromatic rings. The normalized spacial score (nSPS) is 14.2. The summed E-state index contributed by atoms with van der Waals surface area (Å²) < 4.78 is 5.59. The number of likely N-dealkylation sites (N-methyl/N-ethyl adjacent to an activating group) is 1. The summed E-state index contributed by atoms with van der Waals surface area (Å²) in [6.45, 7) is 7.61. The van der Waals surface area contributed by atoms with Crippen LogP contribution in [0.2, 0.25) is 0 Å². The maximum atomic E-state index is 13.1. The van der Waals surface area contributed by atoms with E-state index in [-0.39, 0.29) is 30.9 Å². The molecule has 0 heterocycles. The van der Waals surface area contributed by atoms with Crippen LogP contribution in [0.15, 0.2) is 48.5 Å². The van der Waals surface area contributed by atoms with Crippen molar-refractivity contribution in [1.82, 2.24) is 10.2 Å². The van der Waals surface area contributed by atoms with E-state index >= 15 is 0 Å². The minimum absolute atomic E-state index is 0.0695. The van der Waals surface area contributed by atoms with Crippen LogP contribution in [0.4, 0.5) is 4.79 Å². The van der Waals surface area contributed by atoms with E-state index in [1.165, 1.54) is 4.90 Å². The van der Waals surface area contributed by atoms with E-state index in [4.69, 9.17) is 4.74 Å². The van der Waals surface area contributed by atoms with Crippen molar-refractivity contribution >= 4 is 18.0 Å². The van der Waals surface area contributed by atoms with Crippen LogP contribution >= 0.6 is 0 Å². The molecule has 1 aliphatic carbocycles. The zero-order chi connectivity index (χ0) is 24.1. The number of benzene rings is 2. The van der Waals surface area contributed by atoms with Crippen LogP contribution in [0.25, 0.3) is 11.1 Å². The summed E-state index contributed by atoms with van der Waals surface area (Å²) in [6.07, 6.45) is -0.661. The Morgan fingerprint density at radius 1 is 1.00 bits per heavy atom. The van der Waals surface area contributed by atoms with E-state index in [2.05, 4.69) is 17.4 Å². The summed E-state index contributed by atoms with van der Waals surface area (Å²) in [7, 11) is 0. The van der Waals surface area contributed by atoms with E-state index in [0.29, 0.717) is 6.54 Å². The number of fused-ring (bicyclic) bond motifs is 3. The van der Waals surface area contributed by atoms with Gasteiger partial charge in [0.2, 0.25) is 5.91 Å². The number of carbonyl (C=O) groups is 3. The van der Waals surface area contributed by atoms with Gasteiger partial charge in [0.25, 0.3) is 0 Å². The van der Waals surface area contributed by atoms with Crippen LogP contribution in [0.3, 0.4) is 0 Å². The zero-order valence-corrected chi connectivity index (χ0v) is 19.6. The number of nitrogens with one attached hydrogen (secondary N) is 1. The molecule has 3 rings (SSSR count). The number of carbonyl (C=O) groups excluding carboxylic acids is 2. The highest BCUT2D eigenvalue weighted by Crippen LogP contribution is 2.44. The average Bonchev–Trinajstić information content (AvgIpc) is 3.12. The monoisotopic (exact) mass is 452 g/mol. The first-order chi connectivity index (χ1) is 15.7. The third-order valence-corrected chi connectivity index (χ3v) is 6.16. The standard InChI is InChI=1S/C26H32N2O5/c1-5-28(14-17(4)25(30)31)24(29)23(16(2)3)27-26(32)33-15-22-20-12-8-6-10-18(20)19-11-7-9-13-21(19)22/h6-13,16-17,22-23H,5,14-15H2,1-4H3,(H,27,32)(H,30,31)/t17?,23-/m0/s1. The SMILES string of the molecule is CCN(CC(C)C(=O)O)C(=O)[C@@H](NC(=O)OCC1c2ccccc2-c2ccccc21)C(C)C. The van der Waals surface area contributed by atoms with Crippen molar-refractivity contribution < 1.29 is 24.2 Å². The minimum Gasteiger partial charge on any atom is -0.481 e. The quantitative estimate of drug-likeness (QED) is 0.597. The van der Waals surface area contributed by atoms with Gasteiger partial charge in [0.15, 0.2) is 0 Å². The van der Waals surface area contributed by atoms with Gasteiger partial charge in [-0.1, -0.05) is 69.3 Å². The summed E-state index contributed by atoms with van der Waals surface area (Å²) in [5, 5.41) is 11.9. The lowest BCUT2D eigenvalue weighted by Crippen LogP contribution is -2.52. The minimum atomic E-state index is -0.966. The third-order valence-electron chi connectivity index (χ3n) is 6.16. The van der Waals surface area contributed by atoms with Crippen molar-refractivity contribution in [2.75, 3.05) is 19.7 Å². The number of carboxylic acids is 1. The molecule has 0 fully saturated rings. The highest BCUT2D eigenvalue weighted by atomic mass is 16.5. The maximum absolute atomic E-state index is 13.1.